The number of benzene rings is 1. The number of fused-ring (bicyclic) bond motifs is 1. The number of ketones is 1. The summed E-state index contributed by atoms with van der Waals surface area (Å²) in [6.07, 6.45) is 2.27. The Balaban J connectivity index is 2.09. The minimum absolute atomic E-state index is 0.0885. The molecule has 0 saturated heterocycles. The van der Waals surface area contributed by atoms with E-state index in [-0.39, 0.29) is 23.9 Å². The van der Waals surface area contributed by atoms with Gasteiger partial charge in [0.25, 0.3) is 0 Å². The fraction of sp³-hybridized carbons (Fsp3) is 0.368. The summed E-state index contributed by atoms with van der Waals surface area (Å²) in [5.41, 5.74) is 3.86. The van der Waals surface area contributed by atoms with Crippen molar-refractivity contribution < 1.29 is 14.0 Å². The second-order valence-corrected chi connectivity index (χ2v) is 6.19. The van der Waals surface area contributed by atoms with Crippen LogP contribution in [0.25, 0.3) is 0 Å². The summed E-state index contributed by atoms with van der Waals surface area (Å²) < 4.78 is 16.0. The lowest BCUT2D eigenvalue weighted by Gasteiger charge is -2.16. The third kappa shape index (κ3) is 2.86. The van der Waals surface area contributed by atoms with Gasteiger partial charge in [-0.25, -0.2) is 4.39 Å². The average Bonchev–Trinajstić information content (AvgIpc) is 2.83. The number of carbonyl (C=O) groups is 2. The number of likely N-dealkylation sites (N-methyl/N-ethyl adjacent to an activating group) is 1. The molecule has 126 valence electrons. The van der Waals surface area contributed by atoms with E-state index < -0.39 is 0 Å². The number of nitrogens with zero attached hydrogens (tertiary/aromatic N) is 1. The summed E-state index contributed by atoms with van der Waals surface area (Å²) in [5.74, 6) is -0.290. The first-order chi connectivity index (χ1) is 11.5. The molecular formula is C19H21FN2O2. The van der Waals surface area contributed by atoms with Crippen LogP contribution in [0, 0.1) is 12.7 Å². The second-order valence-electron chi connectivity index (χ2n) is 6.19. The van der Waals surface area contributed by atoms with Crippen molar-refractivity contribution in [3.05, 3.63) is 58.2 Å². The number of carbonyl (C=O) groups excluding carboxylic acids is 2. The topological polar surface area (TPSA) is 51.1 Å². The molecule has 1 heterocycles. The number of rotatable bonds is 4. The van der Waals surface area contributed by atoms with Gasteiger partial charge < -0.3 is 9.88 Å². The molecule has 1 amide bonds. The maximum Gasteiger partial charge on any atom is 0.224 e. The monoisotopic (exact) mass is 328 g/mol. The molecule has 0 unspecified atom stereocenters. The van der Waals surface area contributed by atoms with E-state index in [0.29, 0.717) is 24.1 Å². The fourth-order valence-corrected chi connectivity index (χ4v) is 3.46. The van der Waals surface area contributed by atoms with Gasteiger partial charge in [-0.1, -0.05) is 18.2 Å². The SMILES string of the molecule is CNC(=O)Cc1c2c(n(Cc3ccccc3F)c1C)CCCC2=O. The summed E-state index contributed by atoms with van der Waals surface area (Å²) in [6, 6.07) is 6.67. The predicted octanol–water partition coefficient (Wildman–Crippen LogP) is 2.79. The van der Waals surface area contributed by atoms with Crippen LogP contribution in [0.4, 0.5) is 4.39 Å². The zero-order chi connectivity index (χ0) is 17.3. The van der Waals surface area contributed by atoms with E-state index in [1.54, 1.807) is 25.2 Å². The molecule has 0 bridgehead atoms. The van der Waals surface area contributed by atoms with Crippen LogP contribution in [-0.4, -0.2) is 23.3 Å². The van der Waals surface area contributed by atoms with Crippen molar-refractivity contribution in [1.82, 2.24) is 9.88 Å². The van der Waals surface area contributed by atoms with Crippen LogP contribution in [-0.2, 0) is 24.2 Å². The Bertz CT molecular complexity index is 808. The molecule has 0 fully saturated rings. The highest BCUT2D eigenvalue weighted by Gasteiger charge is 2.29. The zero-order valence-corrected chi connectivity index (χ0v) is 14.0. The molecular weight excluding hydrogens is 307 g/mol. The molecule has 24 heavy (non-hydrogen) atoms. The average molecular weight is 328 g/mol. The maximum atomic E-state index is 14.0. The van der Waals surface area contributed by atoms with Gasteiger partial charge in [0.15, 0.2) is 5.78 Å². The summed E-state index contributed by atoms with van der Waals surface area (Å²) >= 11 is 0. The van der Waals surface area contributed by atoms with Crippen LogP contribution in [0.15, 0.2) is 24.3 Å². The van der Waals surface area contributed by atoms with Gasteiger partial charge in [-0.2, -0.15) is 0 Å². The Morgan fingerprint density at radius 2 is 2.04 bits per heavy atom. The largest absolute Gasteiger partial charge is 0.359 e. The van der Waals surface area contributed by atoms with Gasteiger partial charge in [0.05, 0.1) is 13.0 Å². The highest BCUT2D eigenvalue weighted by atomic mass is 19.1. The molecule has 1 aromatic heterocycles. The minimum Gasteiger partial charge on any atom is -0.359 e. The van der Waals surface area contributed by atoms with Crippen LogP contribution < -0.4 is 5.32 Å². The van der Waals surface area contributed by atoms with Crippen molar-refractivity contribution in [2.45, 2.75) is 39.2 Å². The van der Waals surface area contributed by atoms with Crippen molar-refractivity contribution >= 4 is 11.7 Å². The number of nitrogens with one attached hydrogen (secondary N) is 1. The number of Topliss-reactive ketones (excluding diaryl/α,β-unsaturated/α-hetero) is 1. The van der Waals surface area contributed by atoms with Gasteiger partial charge in [0, 0.05) is 36.0 Å². The van der Waals surface area contributed by atoms with Crippen LogP contribution in [0.5, 0.6) is 0 Å². The first-order valence-corrected chi connectivity index (χ1v) is 8.21. The van der Waals surface area contributed by atoms with Crippen molar-refractivity contribution in [2.24, 2.45) is 0 Å². The molecule has 1 aromatic carbocycles. The highest BCUT2D eigenvalue weighted by Crippen LogP contribution is 2.31. The van der Waals surface area contributed by atoms with Crippen molar-refractivity contribution in [2.75, 3.05) is 7.05 Å². The number of aromatic nitrogens is 1. The van der Waals surface area contributed by atoms with Gasteiger partial charge >= 0.3 is 0 Å². The van der Waals surface area contributed by atoms with E-state index in [0.717, 1.165) is 29.8 Å². The van der Waals surface area contributed by atoms with Crippen LogP contribution in [0.3, 0.4) is 0 Å². The fourth-order valence-electron chi connectivity index (χ4n) is 3.46. The number of hydrogen-bond donors (Lipinski definition) is 1. The van der Waals surface area contributed by atoms with Gasteiger partial charge in [-0.05, 0) is 31.4 Å². The van der Waals surface area contributed by atoms with Crippen molar-refractivity contribution in [3.8, 4) is 0 Å². The quantitative estimate of drug-likeness (QED) is 0.938. The Labute approximate surface area is 140 Å². The molecule has 0 spiro atoms. The van der Waals surface area contributed by atoms with E-state index in [2.05, 4.69) is 5.32 Å². The summed E-state index contributed by atoms with van der Waals surface area (Å²) in [5, 5.41) is 2.61. The maximum absolute atomic E-state index is 14.0. The lowest BCUT2D eigenvalue weighted by molar-refractivity contribution is -0.119. The molecule has 0 saturated carbocycles. The minimum atomic E-state index is -0.255. The normalized spacial score (nSPS) is 13.7. The van der Waals surface area contributed by atoms with Crippen LogP contribution in [0.2, 0.25) is 0 Å². The third-order valence-electron chi connectivity index (χ3n) is 4.76. The molecule has 4 nitrogen and oxygen atoms in total. The number of amides is 1. The third-order valence-corrected chi connectivity index (χ3v) is 4.76. The molecule has 0 atom stereocenters. The second kappa shape index (κ2) is 6.59. The van der Waals surface area contributed by atoms with Crippen molar-refractivity contribution in [3.63, 3.8) is 0 Å². The molecule has 1 N–H and O–H groups in total. The van der Waals surface area contributed by atoms with E-state index in [4.69, 9.17) is 0 Å². The van der Waals surface area contributed by atoms with Gasteiger partial charge in [-0.3, -0.25) is 9.59 Å². The molecule has 0 radical (unpaired) electrons. The Morgan fingerprint density at radius 1 is 1.29 bits per heavy atom. The Kier molecular flexibility index (Phi) is 4.51. The lowest BCUT2D eigenvalue weighted by atomic mass is 9.92. The lowest BCUT2D eigenvalue weighted by Crippen LogP contribution is -2.22. The van der Waals surface area contributed by atoms with Gasteiger partial charge in [-0.15, -0.1) is 0 Å². The van der Waals surface area contributed by atoms with Gasteiger partial charge in [0.1, 0.15) is 5.82 Å². The van der Waals surface area contributed by atoms with E-state index in [1.807, 2.05) is 11.5 Å². The van der Waals surface area contributed by atoms with E-state index >= 15 is 0 Å². The van der Waals surface area contributed by atoms with E-state index in [9.17, 15) is 14.0 Å². The first kappa shape index (κ1) is 16.4. The first-order valence-electron chi connectivity index (χ1n) is 8.21. The molecule has 1 aliphatic rings. The van der Waals surface area contributed by atoms with Crippen LogP contribution in [0.1, 0.15) is 45.7 Å². The van der Waals surface area contributed by atoms with E-state index in [1.165, 1.54) is 6.07 Å². The highest BCUT2D eigenvalue weighted by molar-refractivity contribution is 6.01. The summed E-state index contributed by atoms with van der Waals surface area (Å²) in [6.45, 7) is 2.28. The van der Waals surface area contributed by atoms with Crippen molar-refractivity contribution in [1.29, 1.82) is 0 Å². The summed E-state index contributed by atoms with van der Waals surface area (Å²) in [7, 11) is 1.59. The smallest absolute Gasteiger partial charge is 0.224 e. The summed E-state index contributed by atoms with van der Waals surface area (Å²) in [4.78, 5) is 24.3. The Morgan fingerprint density at radius 3 is 2.75 bits per heavy atom. The van der Waals surface area contributed by atoms with Crippen LogP contribution >= 0.6 is 0 Å². The predicted molar refractivity (Wildman–Crippen MR) is 89.7 cm³/mol. The Hall–Kier alpha value is -2.43. The molecule has 3 rings (SSSR count). The standard InChI is InChI=1S/C19H21FN2O2/c1-12-14(10-18(24)21-2)19-16(8-5-9-17(19)23)22(12)11-13-6-3-4-7-15(13)20/h3-4,6-7H,5,8-11H2,1-2H3,(H,21,24). The zero-order valence-electron chi connectivity index (χ0n) is 14.0. The molecule has 1 aliphatic carbocycles. The molecule has 2 aromatic rings. The number of halogens is 1. The number of hydrogen-bond acceptors (Lipinski definition) is 2. The molecule has 5 heteroatoms. The molecule has 0 aliphatic heterocycles. The van der Waals surface area contributed by atoms with Gasteiger partial charge in [0.2, 0.25) is 5.91 Å².